The number of sulfone groups is 1. The summed E-state index contributed by atoms with van der Waals surface area (Å²) in [4.78, 5) is 0.618. The first kappa shape index (κ1) is 12.6. The van der Waals surface area contributed by atoms with Crippen molar-refractivity contribution in [2.24, 2.45) is 0 Å². The van der Waals surface area contributed by atoms with Gasteiger partial charge in [0.25, 0.3) is 0 Å². The van der Waals surface area contributed by atoms with Crippen LogP contribution in [-0.4, -0.2) is 15.5 Å². The summed E-state index contributed by atoms with van der Waals surface area (Å²) in [5.74, 6) is 0. The summed E-state index contributed by atoms with van der Waals surface area (Å²) in [6.45, 7) is 1.93. The summed E-state index contributed by atoms with van der Waals surface area (Å²) in [5, 5.41) is 2.90. The summed E-state index contributed by atoms with van der Waals surface area (Å²) in [7, 11) is -1.75. The van der Waals surface area contributed by atoms with Crippen LogP contribution in [0, 0.1) is 6.92 Å². The molecule has 94 valence electrons. The van der Waals surface area contributed by atoms with Crippen LogP contribution in [0.5, 0.6) is 0 Å². The van der Waals surface area contributed by atoms with E-state index in [0.29, 0.717) is 15.5 Å². The highest BCUT2D eigenvalue weighted by atomic mass is 32.2. The van der Waals surface area contributed by atoms with E-state index < -0.39 is 9.84 Å². The Kier molecular flexibility index (Phi) is 3.39. The van der Waals surface area contributed by atoms with E-state index in [0.717, 1.165) is 5.56 Å². The lowest BCUT2D eigenvalue weighted by molar-refractivity contribution is 0.596. The second kappa shape index (κ2) is 4.82. The van der Waals surface area contributed by atoms with Crippen molar-refractivity contribution in [3.8, 4) is 0 Å². The van der Waals surface area contributed by atoms with E-state index >= 15 is 0 Å². The number of para-hydroxylation sites is 1. The molecule has 4 heteroatoms. The zero-order valence-electron chi connectivity index (χ0n) is 10.3. The van der Waals surface area contributed by atoms with Gasteiger partial charge in [-0.1, -0.05) is 29.8 Å². The first-order chi connectivity index (χ1) is 8.55. The predicted molar refractivity (Wildman–Crippen MR) is 72.6 cm³/mol. The summed E-state index contributed by atoms with van der Waals surface area (Å²) in [6.07, 6.45) is 0. The van der Waals surface area contributed by atoms with Gasteiger partial charge < -0.3 is 5.32 Å². The summed E-state index contributed by atoms with van der Waals surface area (Å²) < 4.78 is 25.0. The average molecular weight is 261 g/mol. The van der Waals surface area contributed by atoms with Crippen molar-refractivity contribution in [1.29, 1.82) is 0 Å². The summed E-state index contributed by atoms with van der Waals surface area (Å²) >= 11 is 0. The second-order valence-corrected chi connectivity index (χ2v) is 5.98. The van der Waals surface area contributed by atoms with E-state index in [1.165, 1.54) is 0 Å². The van der Waals surface area contributed by atoms with Crippen molar-refractivity contribution in [2.75, 3.05) is 12.4 Å². The van der Waals surface area contributed by atoms with Gasteiger partial charge in [0.1, 0.15) is 0 Å². The molecule has 3 nitrogen and oxygen atoms in total. The van der Waals surface area contributed by atoms with Crippen LogP contribution in [0.1, 0.15) is 5.56 Å². The van der Waals surface area contributed by atoms with Crippen molar-refractivity contribution in [1.82, 2.24) is 0 Å². The van der Waals surface area contributed by atoms with Gasteiger partial charge in [0.15, 0.2) is 0 Å². The van der Waals surface area contributed by atoms with Gasteiger partial charge in [-0.25, -0.2) is 8.42 Å². The Morgan fingerprint density at radius 3 is 2.17 bits per heavy atom. The van der Waals surface area contributed by atoms with Crippen LogP contribution in [0.4, 0.5) is 5.69 Å². The molecule has 0 saturated carbocycles. The molecular formula is C14H15NO2S. The van der Waals surface area contributed by atoms with Gasteiger partial charge in [0.2, 0.25) is 9.84 Å². The van der Waals surface area contributed by atoms with E-state index in [1.54, 1.807) is 55.6 Å². The minimum absolute atomic E-state index is 0.302. The molecular weight excluding hydrogens is 246 g/mol. The number of rotatable bonds is 3. The third-order valence-corrected chi connectivity index (χ3v) is 4.60. The molecule has 0 saturated heterocycles. The van der Waals surface area contributed by atoms with Crippen molar-refractivity contribution in [3.05, 3.63) is 54.1 Å². The number of nitrogens with one attached hydrogen (secondary N) is 1. The Hall–Kier alpha value is -1.81. The fourth-order valence-electron chi connectivity index (χ4n) is 1.75. The molecule has 0 aliphatic heterocycles. The van der Waals surface area contributed by atoms with Gasteiger partial charge in [0, 0.05) is 7.05 Å². The number of aryl methyl sites for hydroxylation is 1. The van der Waals surface area contributed by atoms with E-state index in [-0.39, 0.29) is 0 Å². The first-order valence-corrected chi connectivity index (χ1v) is 7.12. The van der Waals surface area contributed by atoms with Crippen molar-refractivity contribution < 1.29 is 8.42 Å². The lowest BCUT2D eigenvalue weighted by Gasteiger charge is -2.10. The highest BCUT2D eigenvalue weighted by Crippen LogP contribution is 2.27. The molecule has 0 atom stereocenters. The van der Waals surface area contributed by atoms with Crippen LogP contribution < -0.4 is 5.32 Å². The zero-order chi connectivity index (χ0) is 13.2. The van der Waals surface area contributed by atoms with Gasteiger partial charge in [0.05, 0.1) is 15.5 Å². The largest absolute Gasteiger partial charge is 0.387 e. The topological polar surface area (TPSA) is 46.2 Å². The number of anilines is 1. The monoisotopic (exact) mass is 261 g/mol. The fraction of sp³-hybridized carbons (Fsp3) is 0.143. The molecule has 18 heavy (non-hydrogen) atoms. The average Bonchev–Trinajstić information content (AvgIpc) is 2.39. The number of hydrogen-bond donors (Lipinski definition) is 1. The second-order valence-electron chi connectivity index (χ2n) is 4.06. The highest BCUT2D eigenvalue weighted by Gasteiger charge is 2.20. The first-order valence-electron chi connectivity index (χ1n) is 5.64. The molecule has 2 aromatic rings. The van der Waals surface area contributed by atoms with Crippen LogP contribution in [0.15, 0.2) is 58.3 Å². The Balaban J connectivity index is 2.58. The van der Waals surface area contributed by atoms with Crippen LogP contribution in [0.25, 0.3) is 0 Å². The van der Waals surface area contributed by atoms with Gasteiger partial charge in [-0.2, -0.15) is 0 Å². The third kappa shape index (κ3) is 2.24. The van der Waals surface area contributed by atoms with Gasteiger partial charge >= 0.3 is 0 Å². The Bertz CT molecular complexity index is 646. The maximum Gasteiger partial charge on any atom is 0.208 e. The molecule has 0 bridgehead atoms. The van der Waals surface area contributed by atoms with Gasteiger partial charge in [-0.15, -0.1) is 0 Å². The molecule has 0 radical (unpaired) electrons. The van der Waals surface area contributed by atoms with E-state index in [9.17, 15) is 8.42 Å². The van der Waals surface area contributed by atoms with Gasteiger partial charge in [-0.3, -0.25) is 0 Å². The third-order valence-electron chi connectivity index (χ3n) is 2.78. The van der Waals surface area contributed by atoms with E-state index in [2.05, 4.69) is 5.32 Å². The predicted octanol–water partition coefficient (Wildman–Crippen LogP) is 2.87. The van der Waals surface area contributed by atoms with Crippen LogP contribution in [-0.2, 0) is 9.84 Å². The minimum Gasteiger partial charge on any atom is -0.387 e. The van der Waals surface area contributed by atoms with Crippen LogP contribution >= 0.6 is 0 Å². The normalized spacial score (nSPS) is 11.2. The molecule has 0 spiro atoms. The molecule has 2 aromatic carbocycles. The zero-order valence-corrected chi connectivity index (χ0v) is 11.2. The maximum atomic E-state index is 12.5. The Morgan fingerprint density at radius 1 is 0.944 bits per heavy atom. The molecule has 0 fully saturated rings. The fourth-order valence-corrected chi connectivity index (χ4v) is 3.22. The molecule has 0 heterocycles. The molecule has 0 aliphatic rings. The lowest BCUT2D eigenvalue weighted by Crippen LogP contribution is -2.05. The van der Waals surface area contributed by atoms with E-state index in [4.69, 9.17) is 0 Å². The minimum atomic E-state index is -3.46. The number of hydrogen-bond acceptors (Lipinski definition) is 3. The van der Waals surface area contributed by atoms with Gasteiger partial charge in [-0.05, 0) is 31.2 Å². The summed E-state index contributed by atoms with van der Waals surface area (Å²) in [6, 6.07) is 13.8. The molecule has 0 aromatic heterocycles. The van der Waals surface area contributed by atoms with E-state index in [1.807, 2.05) is 6.92 Å². The van der Waals surface area contributed by atoms with Crippen LogP contribution in [0.2, 0.25) is 0 Å². The summed E-state index contributed by atoms with van der Waals surface area (Å²) in [5.41, 5.74) is 1.65. The highest BCUT2D eigenvalue weighted by molar-refractivity contribution is 7.91. The molecule has 0 aliphatic carbocycles. The smallest absolute Gasteiger partial charge is 0.208 e. The van der Waals surface area contributed by atoms with Crippen molar-refractivity contribution in [3.63, 3.8) is 0 Å². The Labute approximate surface area is 107 Å². The Morgan fingerprint density at radius 2 is 1.56 bits per heavy atom. The lowest BCUT2D eigenvalue weighted by atomic mass is 10.2. The van der Waals surface area contributed by atoms with Crippen molar-refractivity contribution >= 4 is 15.5 Å². The molecule has 0 amide bonds. The quantitative estimate of drug-likeness (QED) is 0.924. The molecule has 0 unspecified atom stereocenters. The molecule has 2 rings (SSSR count). The SMILES string of the molecule is CNc1ccccc1S(=O)(=O)c1ccc(C)cc1. The standard InChI is InChI=1S/C14H15NO2S/c1-11-7-9-12(10-8-11)18(16,17)14-6-4-3-5-13(14)15-2/h3-10,15H,1-2H3. The van der Waals surface area contributed by atoms with Crippen molar-refractivity contribution in [2.45, 2.75) is 16.7 Å². The molecule has 1 N–H and O–H groups in total. The maximum absolute atomic E-state index is 12.5. The number of benzene rings is 2. The van der Waals surface area contributed by atoms with Crippen LogP contribution in [0.3, 0.4) is 0 Å².